The molecule has 1 aromatic rings. The maximum atomic E-state index is 5.62. The maximum absolute atomic E-state index is 5.62. The molecule has 19 heavy (non-hydrogen) atoms. The van der Waals surface area contributed by atoms with E-state index in [0.29, 0.717) is 0 Å². The maximum Gasteiger partial charge on any atom is 0.0873 e. The van der Waals surface area contributed by atoms with Crippen molar-refractivity contribution in [2.24, 2.45) is 0 Å². The van der Waals surface area contributed by atoms with Gasteiger partial charge in [-0.3, -0.25) is 0 Å². The van der Waals surface area contributed by atoms with Crippen LogP contribution in [0.4, 0.5) is 0 Å². The molecule has 1 heteroatoms. The number of hydrogen-bond donors (Lipinski definition) is 0. The van der Waals surface area contributed by atoms with Gasteiger partial charge >= 0.3 is 0 Å². The number of aryl methyl sites for hydroxylation is 1. The third-order valence-corrected chi connectivity index (χ3v) is 3.38. The first-order chi connectivity index (χ1) is 9.24. The minimum atomic E-state index is 0.843. The van der Waals surface area contributed by atoms with E-state index in [0.717, 1.165) is 6.61 Å². The van der Waals surface area contributed by atoms with Gasteiger partial charge in [-0.2, -0.15) is 0 Å². The molecule has 0 aromatic heterocycles. The van der Waals surface area contributed by atoms with Gasteiger partial charge in [-0.15, -0.1) is 0 Å². The summed E-state index contributed by atoms with van der Waals surface area (Å²) < 4.78 is 5.62. The Labute approximate surface area is 118 Å². The van der Waals surface area contributed by atoms with Gasteiger partial charge in [0, 0.05) is 0 Å². The van der Waals surface area contributed by atoms with E-state index >= 15 is 0 Å². The molecule has 0 unspecified atom stereocenters. The summed E-state index contributed by atoms with van der Waals surface area (Å²) in [6.07, 6.45) is 9.75. The van der Waals surface area contributed by atoms with Crippen molar-refractivity contribution in [3.63, 3.8) is 0 Å². The number of benzene rings is 1. The molecule has 0 saturated carbocycles. The Kier molecular flexibility index (Phi) is 8.04. The summed E-state index contributed by atoms with van der Waals surface area (Å²) in [6, 6.07) is 8.57. The minimum Gasteiger partial charge on any atom is -0.501 e. The molecule has 0 fully saturated rings. The van der Waals surface area contributed by atoms with Gasteiger partial charge in [0.2, 0.25) is 0 Å². The molecule has 0 heterocycles. The summed E-state index contributed by atoms with van der Waals surface area (Å²) in [5, 5.41) is 0. The zero-order valence-electron chi connectivity index (χ0n) is 12.7. The number of hydrogen-bond acceptors (Lipinski definition) is 1. The number of rotatable bonds is 9. The molecular formula is C18H28O. The summed E-state index contributed by atoms with van der Waals surface area (Å²) in [5.41, 5.74) is 3.74. The average molecular weight is 260 g/mol. The standard InChI is InChI=1S/C18H28O/c1-4-5-6-7-8-9-14-19-15-17(3)18-12-10-16(2)11-13-18/h10-13,15H,4-9,14H2,1-3H3. The van der Waals surface area contributed by atoms with Gasteiger partial charge in [0.1, 0.15) is 0 Å². The third kappa shape index (κ3) is 7.05. The fraction of sp³-hybridized carbons (Fsp3) is 0.556. The molecule has 1 nitrogen and oxygen atoms in total. The van der Waals surface area contributed by atoms with E-state index in [1.54, 1.807) is 0 Å². The number of unbranched alkanes of at least 4 members (excludes halogenated alkanes) is 5. The lowest BCUT2D eigenvalue weighted by Crippen LogP contribution is -1.89. The van der Waals surface area contributed by atoms with Crippen LogP contribution in [0.25, 0.3) is 5.57 Å². The topological polar surface area (TPSA) is 9.23 Å². The van der Waals surface area contributed by atoms with Gasteiger partial charge < -0.3 is 4.74 Å². The van der Waals surface area contributed by atoms with Crippen molar-refractivity contribution in [2.75, 3.05) is 6.61 Å². The molecule has 0 bridgehead atoms. The Morgan fingerprint density at radius 2 is 1.63 bits per heavy atom. The van der Waals surface area contributed by atoms with Crippen LogP contribution in [0.1, 0.15) is 63.5 Å². The second kappa shape index (κ2) is 9.66. The van der Waals surface area contributed by atoms with Crippen molar-refractivity contribution in [1.29, 1.82) is 0 Å². The highest BCUT2D eigenvalue weighted by molar-refractivity contribution is 5.62. The molecule has 1 aromatic carbocycles. The highest BCUT2D eigenvalue weighted by atomic mass is 16.5. The van der Waals surface area contributed by atoms with Crippen LogP contribution in [-0.2, 0) is 4.74 Å². The van der Waals surface area contributed by atoms with E-state index in [-0.39, 0.29) is 0 Å². The Morgan fingerprint density at radius 1 is 1.00 bits per heavy atom. The molecule has 0 atom stereocenters. The first-order valence-electron chi connectivity index (χ1n) is 7.59. The first-order valence-corrected chi connectivity index (χ1v) is 7.59. The van der Waals surface area contributed by atoms with Crippen LogP contribution in [0.15, 0.2) is 30.5 Å². The zero-order chi connectivity index (χ0) is 13.9. The predicted molar refractivity (Wildman–Crippen MR) is 84.2 cm³/mol. The Hall–Kier alpha value is -1.24. The zero-order valence-corrected chi connectivity index (χ0v) is 12.7. The van der Waals surface area contributed by atoms with Crippen LogP contribution in [0.3, 0.4) is 0 Å². The Morgan fingerprint density at radius 3 is 2.32 bits per heavy atom. The van der Waals surface area contributed by atoms with Crippen molar-refractivity contribution in [3.8, 4) is 0 Å². The van der Waals surface area contributed by atoms with Gasteiger partial charge in [0.15, 0.2) is 0 Å². The van der Waals surface area contributed by atoms with Gasteiger partial charge in [0.25, 0.3) is 0 Å². The molecule has 0 spiro atoms. The van der Waals surface area contributed by atoms with Gasteiger partial charge in [-0.25, -0.2) is 0 Å². The van der Waals surface area contributed by atoms with Gasteiger partial charge in [-0.05, 0) is 31.4 Å². The highest BCUT2D eigenvalue weighted by Crippen LogP contribution is 2.14. The SMILES string of the molecule is CCCCCCCCOC=C(C)c1ccc(C)cc1. The monoisotopic (exact) mass is 260 g/mol. The van der Waals surface area contributed by atoms with E-state index in [1.165, 1.54) is 55.2 Å². The molecule has 0 aliphatic carbocycles. The molecular weight excluding hydrogens is 232 g/mol. The van der Waals surface area contributed by atoms with E-state index in [2.05, 4.69) is 45.0 Å². The Balaban J connectivity index is 2.16. The van der Waals surface area contributed by atoms with E-state index in [9.17, 15) is 0 Å². The minimum absolute atomic E-state index is 0.843. The fourth-order valence-corrected chi connectivity index (χ4v) is 2.03. The van der Waals surface area contributed by atoms with Crippen LogP contribution in [0, 0.1) is 6.92 Å². The molecule has 1 rings (SSSR count). The molecule has 0 N–H and O–H groups in total. The predicted octanol–water partition coefficient (Wildman–Crippen LogP) is 5.73. The van der Waals surface area contributed by atoms with Crippen molar-refractivity contribution in [1.82, 2.24) is 0 Å². The normalized spacial score (nSPS) is 11.6. The smallest absolute Gasteiger partial charge is 0.0873 e. The largest absolute Gasteiger partial charge is 0.501 e. The van der Waals surface area contributed by atoms with E-state index in [1.807, 2.05) is 6.26 Å². The number of allylic oxidation sites excluding steroid dienone is 1. The van der Waals surface area contributed by atoms with Crippen molar-refractivity contribution < 1.29 is 4.74 Å². The highest BCUT2D eigenvalue weighted by Gasteiger charge is 1.95. The van der Waals surface area contributed by atoms with Crippen molar-refractivity contribution >= 4 is 5.57 Å². The van der Waals surface area contributed by atoms with Crippen LogP contribution < -0.4 is 0 Å². The third-order valence-electron chi connectivity index (χ3n) is 3.38. The van der Waals surface area contributed by atoms with Crippen LogP contribution in [0.2, 0.25) is 0 Å². The summed E-state index contributed by atoms with van der Waals surface area (Å²) in [4.78, 5) is 0. The van der Waals surface area contributed by atoms with Crippen LogP contribution in [-0.4, -0.2) is 6.61 Å². The molecule has 0 saturated heterocycles. The summed E-state index contributed by atoms with van der Waals surface area (Å²) in [6.45, 7) is 7.31. The lowest BCUT2D eigenvalue weighted by atomic mass is 10.1. The second-order valence-corrected chi connectivity index (χ2v) is 5.31. The summed E-state index contributed by atoms with van der Waals surface area (Å²) in [5.74, 6) is 0. The van der Waals surface area contributed by atoms with Gasteiger partial charge in [-0.1, -0.05) is 68.9 Å². The first kappa shape index (κ1) is 15.8. The molecule has 0 aliphatic heterocycles. The Bertz CT molecular complexity index is 362. The molecule has 106 valence electrons. The second-order valence-electron chi connectivity index (χ2n) is 5.31. The van der Waals surface area contributed by atoms with Crippen LogP contribution >= 0.6 is 0 Å². The summed E-state index contributed by atoms with van der Waals surface area (Å²) in [7, 11) is 0. The van der Waals surface area contributed by atoms with Gasteiger partial charge in [0.05, 0.1) is 12.9 Å². The van der Waals surface area contributed by atoms with E-state index in [4.69, 9.17) is 4.74 Å². The fourth-order valence-electron chi connectivity index (χ4n) is 2.03. The lowest BCUT2D eigenvalue weighted by Gasteiger charge is -2.05. The van der Waals surface area contributed by atoms with E-state index < -0.39 is 0 Å². The average Bonchev–Trinajstić information content (AvgIpc) is 2.42. The quantitative estimate of drug-likeness (QED) is 0.407. The molecule has 0 radical (unpaired) electrons. The summed E-state index contributed by atoms with van der Waals surface area (Å²) >= 11 is 0. The molecule has 0 amide bonds. The van der Waals surface area contributed by atoms with Crippen molar-refractivity contribution in [3.05, 3.63) is 41.7 Å². The van der Waals surface area contributed by atoms with Crippen molar-refractivity contribution in [2.45, 2.75) is 59.3 Å². The molecule has 0 aliphatic rings. The van der Waals surface area contributed by atoms with Crippen LogP contribution in [0.5, 0.6) is 0 Å². The lowest BCUT2D eigenvalue weighted by molar-refractivity contribution is 0.241. The number of ether oxygens (including phenoxy) is 1.